The highest BCUT2D eigenvalue weighted by atomic mass is 32.2. The van der Waals surface area contributed by atoms with E-state index < -0.39 is 10.0 Å². The summed E-state index contributed by atoms with van der Waals surface area (Å²) in [6.45, 7) is 4.85. The van der Waals surface area contributed by atoms with E-state index in [9.17, 15) is 22.8 Å². The average molecular weight is 713 g/mol. The van der Waals surface area contributed by atoms with Crippen molar-refractivity contribution in [1.29, 1.82) is 0 Å². The van der Waals surface area contributed by atoms with Gasteiger partial charge in [0.15, 0.2) is 0 Å². The third-order valence-corrected chi connectivity index (χ3v) is 11.9. The molecule has 2 amide bonds. The maximum absolute atomic E-state index is 13.6. The molecule has 13 nitrogen and oxygen atoms in total. The number of carbonyl (C=O) groups excluding carboxylic acids is 3. The van der Waals surface area contributed by atoms with Gasteiger partial charge in [-0.15, -0.1) is 0 Å². The highest BCUT2D eigenvalue weighted by Gasteiger charge is 2.36. The van der Waals surface area contributed by atoms with Crippen LogP contribution in [0, 0.1) is 0 Å². The molecule has 14 heteroatoms. The van der Waals surface area contributed by atoms with Crippen molar-refractivity contribution in [2.45, 2.75) is 76.7 Å². The summed E-state index contributed by atoms with van der Waals surface area (Å²) in [7, 11) is -1.92. The lowest BCUT2D eigenvalue weighted by Crippen LogP contribution is -2.50. The molecule has 50 heavy (non-hydrogen) atoms. The molecule has 272 valence electrons. The number of para-hydroxylation sites is 1. The first kappa shape index (κ1) is 35.9. The Hall–Kier alpha value is -3.88. The fraction of sp³-hybridized carbons (Fsp3) is 0.583. The van der Waals surface area contributed by atoms with E-state index >= 15 is 0 Å². The van der Waals surface area contributed by atoms with Crippen molar-refractivity contribution in [2.24, 2.45) is 0 Å². The van der Waals surface area contributed by atoms with Gasteiger partial charge in [0.1, 0.15) is 24.2 Å². The minimum absolute atomic E-state index is 0.0354. The number of nitrogens with zero attached hydrogens (tertiary/aromatic N) is 4. The van der Waals surface area contributed by atoms with Gasteiger partial charge in [-0.25, -0.2) is 17.5 Å². The third-order valence-electron chi connectivity index (χ3n) is 9.96. The zero-order valence-electron chi connectivity index (χ0n) is 29.0. The van der Waals surface area contributed by atoms with Crippen LogP contribution in [-0.4, -0.2) is 117 Å². The lowest BCUT2D eigenvalue weighted by Gasteiger charge is -2.40. The Kier molecular flexibility index (Phi) is 11.5. The second-order valence-electron chi connectivity index (χ2n) is 13.3. The van der Waals surface area contributed by atoms with Crippen LogP contribution in [-0.2, 0) is 30.9 Å². The van der Waals surface area contributed by atoms with Crippen LogP contribution in [0.5, 0.6) is 11.5 Å². The summed E-state index contributed by atoms with van der Waals surface area (Å²) in [5.74, 6) is 0.588. The summed E-state index contributed by atoms with van der Waals surface area (Å²) in [5.41, 5.74) is 2.28. The topological polar surface area (TPSA) is 135 Å². The maximum atomic E-state index is 13.6. The van der Waals surface area contributed by atoms with Gasteiger partial charge in [-0.3, -0.25) is 19.4 Å². The number of rotatable bonds is 14. The van der Waals surface area contributed by atoms with E-state index in [2.05, 4.69) is 0 Å². The van der Waals surface area contributed by atoms with Gasteiger partial charge in [-0.1, -0.05) is 18.2 Å². The van der Waals surface area contributed by atoms with Gasteiger partial charge in [-0.2, -0.15) is 0 Å². The lowest BCUT2D eigenvalue weighted by atomic mass is 10.00. The molecule has 0 bridgehead atoms. The molecule has 1 saturated carbocycles. The first-order chi connectivity index (χ1) is 24.2. The lowest BCUT2D eigenvalue weighted by molar-refractivity contribution is -0.144. The smallest absolute Gasteiger partial charge is 0.414 e. The molecule has 1 aliphatic carbocycles. The van der Waals surface area contributed by atoms with Crippen molar-refractivity contribution in [3.63, 3.8) is 0 Å². The van der Waals surface area contributed by atoms with Crippen LogP contribution < -0.4 is 14.4 Å². The minimum atomic E-state index is -3.43. The second-order valence-corrected chi connectivity index (χ2v) is 15.4. The standard InChI is InChI=1S/C36H48N4O9S/c1-3-47-34(41)24-38(27-9-10-27)17-6-22-50(44,45)39-20-15-29(16-21-39)49-30-11-12-31(33(23-30)46-2)35(42)37-18-13-28(14-19-37)40-32-8-5-4-7-26(32)25-48-36(40)43/h4-5,7-8,11-12,23,27-29H,3,6,9-10,13-22,24-25H2,1-2H3. The highest BCUT2D eigenvalue weighted by molar-refractivity contribution is 7.89. The third kappa shape index (κ3) is 8.52. The molecule has 6 rings (SSSR count). The monoisotopic (exact) mass is 712 g/mol. The van der Waals surface area contributed by atoms with Gasteiger partial charge < -0.3 is 23.8 Å². The van der Waals surface area contributed by atoms with Gasteiger partial charge >= 0.3 is 12.1 Å². The Morgan fingerprint density at radius 3 is 2.42 bits per heavy atom. The number of fused-ring (bicyclic) bond motifs is 1. The molecule has 3 aliphatic heterocycles. The number of cyclic esters (lactones) is 1. The van der Waals surface area contributed by atoms with Crippen molar-refractivity contribution in [3.8, 4) is 11.5 Å². The number of esters is 1. The van der Waals surface area contributed by atoms with Gasteiger partial charge in [0.05, 0.1) is 37.3 Å². The van der Waals surface area contributed by atoms with Gasteiger partial charge in [-0.05, 0) is 70.1 Å². The molecule has 0 atom stereocenters. The zero-order valence-corrected chi connectivity index (χ0v) is 29.8. The molecule has 0 N–H and O–H groups in total. The Bertz CT molecular complexity index is 1630. The number of sulfonamides is 1. The molecular weight excluding hydrogens is 664 g/mol. The van der Waals surface area contributed by atoms with Crippen LogP contribution in [0.1, 0.15) is 67.8 Å². The molecule has 0 radical (unpaired) electrons. The number of hydrogen-bond acceptors (Lipinski definition) is 10. The Labute approximate surface area is 294 Å². The van der Waals surface area contributed by atoms with E-state index in [0.29, 0.717) is 94.5 Å². The molecule has 0 unspecified atom stereocenters. The highest BCUT2D eigenvalue weighted by Crippen LogP contribution is 2.34. The number of benzene rings is 2. The first-order valence-corrected chi connectivity index (χ1v) is 19.3. The average Bonchev–Trinajstić information content (AvgIpc) is 3.97. The summed E-state index contributed by atoms with van der Waals surface area (Å²) in [6, 6.07) is 13.2. The predicted molar refractivity (Wildman–Crippen MR) is 186 cm³/mol. The van der Waals surface area contributed by atoms with Crippen molar-refractivity contribution in [3.05, 3.63) is 53.6 Å². The number of methoxy groups -OCH3 is 1. The maximum Gasteiger partial charge on any atom is 0.414 e. The molecule has 4 aliphatic rings. The number of anilines is 1. The summed E-state index contributed by atoms with van der Waals surface area (Å²) in [4.78, 5) is 43.8. The first-order valence-electron chi connectivity index (χ1n) is 17.7. The van der Waals surface area contributed by atoms with Crippen LogP contribution >= 0.6 is 0 Å². The Morgan fingerprint density at radius 2 is 1.72 bits per heavy atom. The molecule has 2 aromatic rings. The Balaban J connectivity index is 0.973. The molecular formula is C36H48N4O9S. The van der Waals surface area contributed by atoms with Crippen LogP contribution in [0.4, 0.5) is 10.5 Å². The SMILES string of the molecule is CCOC(=O)CN(CCCS(=O)(=O)N1CCC(Oc2ccc(C(=O)N3CCC(N4C(=O)OCc5ccccc54)CC3)c(OC)c2)CC1)C1CC1. The van der Waals surface area contributed by atoms with Crippen LogP contribution in [0.15, 0.2) is 42.5 Å². The number of amides is 2. The predicted octanol–water partition coefficient (Wildman–Crippen LogP) is 4.05. The molecule has 2 aromatic carbocycles. The van der Waals surface area contributed by atoms with E-state index in [-0.39, 0.29) is 49.0 Å². The van der Waals surface area contributed by atoms with E-state index in [1.807, 2.05) is 29.2 Å². The summed E-state index contributed by atoms with van der Waals surface area (Å²) in [6.07, 6.45) is 4.33. The molecule has 0 spiro atoms. The van der Waals surface area contributed by atoms with Crippen LogP contribution in [0.3, 0.4) is 0 Å². The normalized spacial score (nSPS) is 19.2. The van der Waals surface area contributed by atoms with Crippen molar-refractivity contribution in [1.82, 2.24) is 14.1 Å². The summed E-state index contributed by atoms with van der Waals surface area (Å²) in [5, 5.41) is 0. The largest absolute Gasteiger partial charge is 0.496 e. The number of hydrogen-bond donors (Lipinski definition) is 0. The molecule has 2 saturated heterocycles. The van der Waals surface area contributed by atoms with Crippen molar-refractivity contribution < 1.29 is 41.7 Å². The van der Waals surface area contributed by atoms with Gasteiger partial charge in [0.2, 0.25) is 10.0 Å². The summed E-state index contributed by atoms with van der Waals surface area (Å²) < 4.78 is 50.1. The van der Waals surface area contributed by atoms with Crippen LogP contribution in [0.2, 0.25) is 0 Å². The van der Waals surface area contributed by atoms with Crippen molar-refractivity contribution in [2.75, 3.05) is 63.6 Å². The van der Waals surface area contributed by atoms with E-state index in [0.717, 1.165) is 24.1 Å². The number of ether oxygens (including phenoxy) is 4. The fourth-order valence-corrected chi connectivity index (χ4v) is 8.66. The number of likely N-dealkylation sites (tertiary alicyclic amines) is 1. The quantitative estimate of drug-likeness (QED) is 0.264. The van der Waals surface area contributed by atoms with E-state index in [1.54, 1.807) is 34.9 Å². The minimum Gasteiger partial charge on any atom is -0.496 e. The molecule has 0 aromatic heterocycles. The van der Waals surface area contributed by atoms with Crippen LogP contribution in [0.25, 0.3) is 0 Å². The Morgan fingerprint density at radius 1 is 0.980 bits per heavy atom. The molecule has 3 fully saturated rings. The van der Waals surface area contributed by atoms with Gasteiger partial charge in [0.25, 0.3) is 5.91 Å². The zero-order chi connectivity index (χ0) is 35.3. The second kappa shape index (κ2) is 16.0. The molecule has 3 heterocycles. The number of carbonyl (C=O) groups is 3. The fourth-order valence-electron chi connectivity index (χ4n) is 7.14. The van der Waals surface area contributed by atoms with Crippen molar-refractivity contribution >= 4 is 33.7 Å². The number of piperidine rings is 2. The van der Waals surface area contributed by atoms with E-state index in [4.69, 9.17) is 18.9 Å². The van der Waals surface area contributed by atoms with Gasteiger partial charge in [0, 0.05) is 56.4 Å². The summed E-state index contributed by atoms with van der Waals surface area (Å²) >= 11 is 0. The van der Waals surface area contributed by atoms with E-state index in [1.165, 1.54) is 11.4 Å².